The summed E-state index contributed by atoms with van der Waals surface area (Å²) in [6.45, 7) is 1.55. The number of hydrogen-bond acceptors (Lipinski definition) is 8. The third-order valence-electron chi connectivity index (χ3n) is 6.16. The van der Waals surface area contributed by atoms with E-state index in [0.717, 1.165) is 54.5 Å². The van der Waals surface area contributed by atoms with Gasteiger partial charge in [-0.25, -0.2) is 4.98 Å². The number of aromatic nitrogens is 7. The summed E-state index contributed by atoms with van der Waals surface area (Å²) in [6, 6.07) is 12.4. The zero-order chi connectivity index (χ0) is 22.7. The topological polar surface area (TPSA) is 116 Å². The molecule has 0 unspecified atom stereocenters. The number of H-pyrrole nitrogens is 1. The maximum absolute atomic E-state index is 6.36. The fraction of sp³-hybridized carbons (Fsp3) is 0.375. The molecule has 1 aliphatic carbocycles. The van der Waals surface area contributed by atoms with Crippen molar-refractivity contribution in [1.29, 1.82) is 0 Å². The van der Waals surface area contributed by atoms with Crippen LogP contribution in [-0.2, 0) is 11.2 Å². The van der Waals surface area contributed by atoms with E-state index < -0.39 is 0 Å². The molecule has 0 spiro atoms. The molecule has 1 aliphatic heterocycles. The molecule has 10 nitrogen and oxygen atoms in total. The number of benzene rings is 1. The van der Waals surface area contributed by atoms with Crippen molar-refractivity contribution in [3.63, 3.8) is 0 Å². The van der Waals surface area contributed by atoms with Crippen molar-refractivity contribution in [2.75, 3.05) is 18.5 Å². The Hall–Kier alpha value is -3.79. The van der Waals surface area contributed by atoms with E-state index in [1.165, 1.54) is 12.8 Å². The van der Waals surface area contributed by atoms with Crippen molar-refractivity contribution in [3.8, 4) is 11.5 Å². The van der Waals surface area contributed by atoms with Crippen molar-refractivity contribution in [2.45, 2.75) is 44.1 Å². The highest BCUT2D eigenvalue weighted by molar-refractivity contribution is 5.58. The maximum atomic E-state index is 6.36. The molecule has 2 aliphatic rings. The van der Waals surface area contributed by atoms with Gasteiger partial charge in [-0.2, -0.15) is 10.3 Å². The van der Waals surface area contributed by atoms with Crippen molar-refractivity contribution in [3.05, 3.63) is 65.9 Å². The van der Waals surface area contributed by atoms with Gasteiger partial charge >= 0.3 is 0 Å². The van der Waals surface area contributed by atoms with Crippen molar-refractivity contribution < 1.29 is 9.47 Å². The highest BCUT2D eigenvalue weighted by atomic mass is 16.5. The van der Waals surface area contributed by atoms with E-state index in [1.807, 2.05) is 30.3 Å². The van der Waals surface area contributed by atoms with Crippen LogP contribution in [0.1, 0.15) is 54.7 Å². The van der Waals surface area contributed by atoms with E-state index in [4.69, 9.17) is 14.6 Å². The maximum Gasteiger partial charge on any atom is 0.178 e. The van der Waals surface area contributed by atoms with Gasteiger partial charge in [0.1, 0.15) is 17.3 Å². The van der Waals surface area contributed by atoms with Gasteiger partial charge in [-0.15, -0.1) is 10.2 Å². The number of aromatic amines is 1. The zero-order valence-corrected chi connectivity index (χ0v) is 18.7. The fourth-order valence-corrected chi connectivity index (χ4v) is 4.26. The number of rotatable bonds is 8. The lowest BCUT2D eigenvalue weighted by molar-refractivity contribution is 0.0839. The molecule has 4 aromatic rings. The van der Waals surface area contributed by atoms with Crippen molar-refractivity contribution in [2.24, 2.45) is 0 Å². The predicted molar refractivity (Wildman–Crippen MR) is 124 cm³/mol. The van der Waals surface area contributed by atoms with Gasteiger partial charge in [0.05, 0.1) is 12.2 Å². The summed E-state index contributed by atoms with van der Waals surface area (Å²) in [4.78, 5) is 4.47. The molecule has 34 heavy (non-hydrogen) atoms. The van der Waals surface area contributed by atoms with Gasteiger partial charge in [0.2, 0.25) is 0 Å². The van der Waals surface area contributed by atoms with Gasteiger partial charge in [0, 0.05) is 43.5 Å². The van der Waals surface area contributed by atoms with Gasteiger partial charge in [0.15, 0.2) is 11.6 Å². The lowest BCUT2D eigenvalue weighted by atomic mass is 9.96. The highest BCUT2D eigenvalue weighted by Crippen LogP contribution is 2.40. The Kier molecular flexibility index (Phi) is 5.64. The van der Waals surface area contributed by atoms with Crippen LogP contribution in [-0.4, -0.2) is 48.6 Å². The predicted octanol–water partition coefficient (Wildman–Crippen LogP) is 4.15. The molecular weight excluding hydrogens is 432 g/mol. The third kappa shape index (κ3) is 4.76. The van der Waals surface area contributed by atoms with Crippen LogP contribution >= 0.6 is 0 Å². The van der Waals surface area contributed by atoms with Crippen LogP contribution in [0.25, 0.3) is 0 Å². The number of tetrazole rings is 1. The fourth-order valence-electron chi connectivity index (χ4n) is 4.26. The average Bonchev–Trinajstić information content (AvgIpc) is 3.43. The summed E-state index contributed by atoms with van der Waals surface area (Å²) in [5, 5.41) is 22.4. The van der Waals surface area contributed by atoms with E-state index in [-0.39, 0.29) is 0 Å². The summed E-state index contributed by atoms with van der Waals surface area (Å²) < 4.78 is 14.0. The lowest BCUT2D eigenvalue weighted by Gasteiger charge is -2.21. The normalized spacial score (nSPS) is 16.5. The van der Waals surface area contributed by atoms with Crippen LogP contribution < -0.4 is 10.1 Å². The molecular formula is C24H26N8O2. The van der Waals surface area contributed by atoms with E-state index in [0.29, 0.717) is 30.0 Å². The minimum atomic E-state index is 0.366. The number of hydrogen-bond donors (Lipinski definition) is 2. The number of ether oxygens (including phenoxy) is 2. The van der Waals surface area contributed by atoms with Crippen molar-refractivity contribution >= 4 is 11.5 Å². The molecule has 174 valence electrons. The Labute approximate surface area is 196 Å². The molecule has 1 saturated carbocycles. The minimum absolute atomic E-state index is 0.366. The van der Waals surface area contributed by atoms with E-state index >= 15 is 0 Å². The molecule has 10 heteroatoms. The lowest BCUT2D eigenvalue weighted by Crippen LogP contribution is -2.15. The Balaban J connectivity index is 1.19. The summed E-state index contributed by atoms with van der Waals surface area (Å²) in [6.07, 6.45) is 8.72. The Bertz CT molecular complexity index is 1250. The quantitative estimate of drug-likeness (QED) is 0.405. The summed E-state index contributed by atoms with van der Waals surface area (Å²) in [5.74, 6) is 3.28. The first-order valence-corrected chi connectivity index (χ1v) is 11.7. The summed E-state index contributed by atoms with van der Waals surface area (Å²) in [7, 11) is 0. The smallest absolute Gasteiger partial charge is 0.178 e. The Morgan fingerprint density at radius 1 is 1.12 bits per heavy atom. The van der Waals surface area contributed by atoms with E-state index in [2.05, 4.69) is 47.9 Å². The largest absolute Gasteiger partial charge is 0.454 e. The average molecular weight is 459 g/mol. The second-order valence-corrected chi connectivity index (χ2v) is 8.79. The number of nitrogens with one attached hydrogen (secondary N) is 2. The van der Waals surface area contributed by atoms with Gasteiger partial charge in [0.25, 0.3) is 0 Å². The van der Waals surface area contributed by atoms with Gasteiger partial charge < -0.3 is 14.8 Å². The number of nitrogens with zero attached hydrogens (tertiary/aromatic N) is 6. The number of anilines is 2. The van der Waals surface area contributed by atoms with Gasteiger partial charge in [-0.3, -0.25) is 4.68 Å². The van der Waals surface area contributed by atoms with Gasteiger partial charge in [-0.05, 0) is 49.4 Å². The van der Waals surface area contributed by atoms with Crippen LogP contribution in [0.15, 0.2) is 48.8 Å². The first-order chi connectivity index (χ1) is 16.8. The Morgan fingerprint density at radius 2 is 2.03 bits per heavy atom. The molecule has 2 N–H and O–H groups in total. The SMILES string of the molecule is c1cc(Cc2nn[nH]n2)cc(Nc2cc(Oc3cn(C4CC4)nc3C3CCOCC3)ccn2)c1. The highest BCUT2D eigenvalue weighted by Gasteiger charge is 2.29. The van der Waals surface area contributed by atoms with E-state index in [1.54, 1.807) is 6.20 Å². The third-order valence-corrected chi connectivity index (χ3v) is 6.16. The Morgan fingerprint density at radius 3 is 2.85 bits per heavy atom. The molecule has 3 aromatic heterocycles. The molecule has 0 amide bonds. The molecule has 6 rings (SSSR count). The molecule has 1 saturated heterocycles. The van der Waals surface area contributed by atoms with Crippen LogP contribution in [0.2, 0.25) is 0 Å². The summed E-state index contributed by atoms with van der Waals surface area (Å²) in [5.41, 5.74) is 3.04. The molecule has 0 bridgehead atoms. The van der Waals surface area contributed by atoms with Crippen LogP contribution in [0.3, 0.4) is 0 Å². The first kappa shape index (κ1) is 20.8. The van der Waals surface area contributed by atoms with Crippen LogP contribution in [0, 0.1) is 0 Å². The molecule has 0 radical (unpaired) electrons. The first-order valence-electron chi connectivity index (χ1n) is 11.7. The number of pyridine rings is 1. The second-order valence-electron chi connectivity index (χ2n) is 8.79. The minimum Gasteiger partial charge on any atom is -0.454 e. The van der Waals surface area contributed by atoms with Crippen LogP contribution in [0.5, 0.6) is 11.5 Å². The molecule has 1 aromatic carbocycles. The van der Waals surface area contributed by atoms with E-state index in [9.17, 15) is 0 Å². The second kappa shape index (κ2) is 9.22. The van der Waals surface area contributed by atoms with Crippen LogP contribution in [0.4, 0.5) is 11.5 Å². The van der Waals surface area contributed by atoms with Crippen molar-refractivity contribution in [1.82, 2.24) is 35.4 Å². The molecule has 2 fully saturated rings. The standard InChI is InChI=1S/C24H26N8O2/c1-2-16(13-23-27-30-31-28-23)12-18(3-1)26-22-14-20(6-9-25-22)34-21-15-32(19-4-5-19)29-24(21)17-7-10-33-11-8-17/h1-3,6,9,12,14-15,17,19H,4-5,7-8,10-11,13H2,(H,25,26)(H,27,28,30,31). The van der Waals surface area contributed by atoms with Gasteiger partial charge in [-0.1, -0.05) is 17.3 Å². The summed E-state index contributed by atoms with van der Waals surface area (Å²) >= 11 is 0. The zero-order valence-electron chi connectivity index (χ0n) is 18.7. The monoisotopic (exact) mass is 458 g/mol. The molecule has 4 heterocycles. The molecule has 0 atom stereocenters.